The smallest absolute Gasteiger partial charge is 0.252 e. The Morgan fingerprint density at radius 2 is 0.804 bits per heavy atom. The van der Waals surface area contributed by atoms with Crippen LogP contribution in [-0.2, 0) is 0 Å². The van der Waals surface area contributed by atoms with Crippen LogP contribution in [-0.4, -0.2) is 6.71 Å². The second kappa shape index (κ2) is 12.1. The zero-order valence-electron chi connectivity index (χ0n) is 28.0. The summed E-state index contributed by atoms with van der Waals surface area (Å²) < 4.78 is 0. The number of anilines is 6. The molecule has 0 spiro atoms. The van der Waals surface area contributed by atoms with Crippen molar-refractivity contribution in [3.8, 4) is 33.4 Å². The van der Waals surface area contributed by atoms with Crippen LogP contribution in [0.25, 0.3) is 33.4 Å². The molecule has 0 atom stereocenters. The van der Waals surface area contributed by atoms with Crippen LogP contribution >= 0.6 is 0 Å². The lowest BCUT2D eigenvalue weighted by molar-refractivity contribution is 1.25. The first kappa shape index (κ1) is 29.4. The molecule has 0 aliphatic carbocycles. The number of hydrogen-bond acceptors (Lipinski definition) is 2. The van der Waals surface area contributed by atoms with E-state index in [1.165, 1.54) is 72.5 Å². The number of hydrogen-bond donors (Lipinski definition) is 0. The van der Waals surface area contributed by atoms with E-state index in [0.717, 1.165) is 11.4 Å². The molecule has 8 aromatic rings. The predicted molar refractivity (Wildman–Crippen MR) is 217 cm³/mol. The maximum atomic E-state index is 2.52. The van der Waals surface area contributed by atoms with Crippen LogP contribution in [0.4, 0.5) is 34.1 Å². The van der Waals surface area contributed by atoms with Crippen molar-refractivity contribution in [2.45, 2.75) is 0 Å². The molecule has 0 saturated carbocycles. The molecule has 0 unspecified atom stereocenters. The first-order valence-electron chi connectivity index (χ1n) is 17.6. The highest BCUT2D eigenvalue weighted by atomic mass is 15.2. The molecule has 0 radical (unpaired) electrons. The van der Waals surface area contributed by atoms with Gasteiger partial charge in [-0.05, 0) is 86.7 Å². The molecule has 238 valence electrons. The van der Waals surface area contributed by atoms with Crippen molar-refractivity contribution in [1.82, 2.24) is 0 Å². The molecule has 8 aromatic carbocycles. The van der Waals surface area contributed by atoms with Gasteiger partial charge < -0.3 is 9.80 Å². The Kier molecular flexibility index (Phi) is 6.95. The average Bonchev–Trinajstić information content (AvgIpc) is 3.21. The fraction of sp³-hybridized carbons (Fsp3) is 0. The molecule has 2 nitrogen and oxygen atoms in total. The topological polar surface area (TPSA) is 6.48 Å². The summed E-state index contributed by atoms with van der Waals surface area (Å²) in [7, 11) is 0. The van der Waals surface area contributed by atoms with E-state index in [1.807, 2.05) is 0 Å². The zero-order chi connectivity index (χ0) is 33.7. The highest BCUT2D eigenvalue weighted by Gasteiger charge is 2.44. The normalized spacial score (nSPS) is 12.6. The average molecular weight is 649 g/mol. The van der Waals surface area contributed by atoms with Crippen molar-refractivity contribution in [2.24, 2.45) is 0 Å². The van der Waals surface area contributed by atoms with Crippen LogP contribution in [0.5, 0.6) is 0 Å². The Morgan fingerprint density at radius 3 is 1.49 bits per heavy atom. The largest absolute Gasteiger partial charge is 0.311 e. The lowest BCUT2D eigenvalue weighted by Crippen LogP contribution is -2.61. The van der Waals surface area contributed by atoms with Crippen molar-refractivity contribution in [3.05, 3.63) is 200 Å². The molecule has 51 heavy (non-hydrogen) atoms. The van der Waals surface area contributed by atoms with E-state index in [2.05, 4.69) is 210 Å². The Morgan fingerprint density at radius 1 is 0.294 bits per heavy atom. The quantitative estimate of drug-likeness (QED) is 0.171. The number of para-hydroxylation sites is 3. The second-order valence-electron chi connectivity index (χ2n) is 13.3. The van der Waals surface area contributed by atoms with Crippen molar-refractivity contribution in [1.29, 1.82) is 0 Å². The highest BCUT2D eigenvalue weighted by molar-refractivity contribution is 7.00. The number of fused-ring (bicyclic) bond motifs is 4. The molecule has 2 aliphatic heterocycles. The molecule has 2 aliphatic rings. The molecule has 0 saturated heterocycles. The Hall–Kier alpha value is -6.58. The molecule has 0 N–H and O–H groups in total. The summed E-state index contributed by atoms with van der Waals surface area (Å²) >= 11 is 0. The third-order valence-corrected chi connectivity index (χ3v) is 10.4. The minimum Gasteiger partial charge on any atom is -0.311 e. The van der Waals surface area contributed by atoms with Gasteiger partial charge in [0, 0.05) is 34.0 Å². The maximum absolute atomic E-state index is 2.52. The summed E-state index contributed by atoms with van der Waals surface area (Å²) in [5, 5.41) is 0. The van der Waals surface area contributed by atoms with Crippen molar-refractivity contribution >= 4 is 57.2 Å². The van der Waals surface area contributed by atoms with Gasteiger partial charge in [0.25, 0.3) is 6.71 Å². The van der Waals surface area contributed by atoms with Gasteiger partial charge in [0.1, 0.15) is 0 Å². The van der Waals surface area contributed by atoms with Gasteiger partial charge in [0.15, 0.2) is 0 Å². The van der Waals surface area contributed by atoms with Crippen LogP contribution in [0, 0.1) is 0 Å². The van der Waals surface area contributed by atoms with Crippen LogP contribution in [0.15, 0.2) is 200 Å². The fourth-order valence-electron chi connectivity index (χ4n) is 8.20. The summed E-state index contributed by atoms with van der Waals surface area (Å²) in [5.41, 5.74) is 18.3. The molecule has 10 rings (SSSR count). The highest BCUT2D eigenvalue weighted by Crippen LogP contribution is 2.48. The molecule has 2 heterocycles. The van der Waals surface area contributed by atoms with Gasteiger partial charge in [-0.15, -0.1) is 0 Å². The van der Waals surface area contributed by atoms with Gasteiger partial charge in [0.2, 0.25) is 0 Å². The number of nitrogens with zero attached hydrogens (tertiary/aromatic N) is 2. The predicted octanol–water partition coefficient (Wildman–Crippen LogP) is 10.8. The molecular formula is C48H33BN2. The lowest BCUT2D eigenvalue weighted by Gasteiger charge is -2.45. The Bertz CT molecular complexity index is 2530. The third-order valence-electron chi connectivity index (χ3n) is 10.4. The van der Waals surface area contributed by atoms with Gasteiger partial charge in [-0.3, -0.25) is 0 Å². The summed E-state index contributed by atoms with van der Waals surface area (Å²) in [6, 6.07) is 73.0. The summed E-state index contributed by atoms with van der Waals surface area (Å²) in [6.07, 6.45) is 0. The lowest BCUT2D eigenvalue weighted by atomic mass is 9.33. The summed E-state index contributed by atoms with van der Waals surface area (Å²) in [4.78, 5) is 5.01. The van der Waals surface area contributed by atoms with E-state index in [4.69, 9.17) is 0 Å². The Labute approximate surface area is 299 Å². The van der Waals surface area contributed by atoms with Gasteiger partial charge in [0.05, 0.1) is 5.69 Å². The molecule has 0 fully saturated rings. The molecule has 3 heteroatoms. The van der Waals surface area contributed by atoms with Crippen LogP contribution in [0.1, 0.15) is 0 Å². The minimum absolute atomic E-state index is 0.0368. The van der Waals surface area contributed by atoms with Crippen molar-refractivity contribution < 1.29 is 0 Å². The van der Waals surface area contributed by atoms with Crippen LogP contribution < -0.4 is 26.2 Å². The molecule has 0 amide bonds. The van der Waals surface area contributed by atoms with E-state index in [-0.39, 0.29) is 6.71 Å². The molecule has 0 aromatic heterocycles. The maximum Gasteiger partial charge on any atom is 0.252 e. The first-order chi connectivity index (χ1) is 25.3. The van der Waals surface area contributed by atoms with E-state index in [9.17, 15) is 0 Å². The van der Waals surface area contributed by atoms with Crippen molar-refractivity contribution in [2.75, 3.05) is 9.80 Å². The third kappa shape index (κ3) is 4.81. The van der Waals surface area contributed by atoms with Gasteiger partial charge in [-0.25, -0.2) is 0 Å². The monoisotopic (exact) mass is 648 g/mol. The van der Waals surface area contributed by atoms with Crippen molar-refractivity contribution in [3.63, 3.8) is 0 Å². The van der Waals surface area contributed by atoms with Crippen LogP contribution in [0.3, 0.4) is 0 Å². The zero-order valence-corrected chi connectivity index (χ0v) is 28.0. The SMILES string of the molecule is c1ccc(-c2ccc3c(c2)B2c4ccccc4N(c4ccccc4-c4ccccc4)c4cc(-c5ccccc5)cc(c42)N3c2ccccc2)cc1. The fourth-order valence-corrected chi connectivity index (χ4v) is 8.20. The van der Waals surface area contributed by atoms with E-state index in [0.29, 0.717) is 0 Å². The van der Waals surface area contributed by atoms with Crippen LogP contribution in [0.2, 0.25) is 0 Å². The number of rotatable bonds is 5. The van der Waals surface area contributed by atoms with Gasteiger partial charge in [-0.2, -0.15) is 0 Å². The Balaban J connectivity index is 1.32. The standard InChI is InChI=1S/C48H33BN2/c1-5-17-34(18-6-1)37-29-30-45-42(31-37)49-41-26-14-16-28-44(41)51(43-27-15-13-25-40(43)36-21-9-3-10-22-36)47-33-38(35-19-7-2-8-20-35)32-46(48(47)49)50(45)39-23-11-4-12-24-39/h1-33H. The summed E-state index contributed by atoms with van der Waals surface area (Å²) in [5.74, 6) is 0. The van der Waals surface area contributed by atoms with E-state index >= 15 is 0 Å². The van der Waals surface area contributed by atoms with Gasteiger partial charge in [-0.1, -0.05) is 158 Å². The number of benzene rings is 8. The second-order valence-corrected chi connectivity index (χ2v) is 13.3. The summed E-state index contributed by atoms with van der Waals surface area (Å²) in [6.45, 7) is 0.0368. The minimum atomic E-state index is 0.0368. The van der Waals surface area contributed by atoms with Gasteiger partial charge >= 0.3 is 0 Å². The first-order valence-corrected chi connectivity index (χ1v) is 17.6. The molecule has 0 bridgehead atoms. The van der Waals surface area contributed by atoms with E-state index < -0.39 is 0 Å². The molecular weight excluding hydrogens is 615 g/mol. The van der Waals surface area contributed by atoms with E-state index in [1.54, 1.807) is 0 Å².